The van der Waals surface area contributed by atoms with E-state index in [1.165, 1.54) is 11.3 Å². The summed E-state index contributed by atoms with van der Waals surface area (Å²) in [5.41, 5.74) is 0.590. The van der Waals surface area contributed by atoms with Gasteiger partial charge in [-0.25, -0.2) is 18.1 Å². The van der Waals surface area contributed by atoms with Crippen LogP contribution in [0.5, 0.6) is 0 Å². The number of hydrogen-bond acceptors (Lipinski definition) is 4. The zero-order valence-electron chi connectivity index (χ0n) is 10.3. The van der Waals surface area contributed by atoms with Gasteiger partial charge in [0, 0.05) is 16.1 Å². The average Bonchev–Trinajstić information content (AvgIpc) is 2.76. The van der Waals surface area contributed by atoms with Gasteiger partial charge in [-0.15, -0.1) is 11.3 Å². The standard InChI is InChI=1S/C12H13ClN2O2S2/c1-9-6-14-12(18-9)7-15-19(16,17)8-10-4-2-3-5-11(10)13/h2-6,15H,7-8H2,1H3. The molecule has 0 aliphatic carbocycles. The second kappa shape index (κ2) is 6.00. The van der Waals surface area contributed by atoms with Crippen molar-refractivity contribution in [2.75, 3.05) is 0 Å². The van der Waals surface area contributed by atoms with E-state index in [1.54, 1.807) is 30.5 Å². The Bertz CT molecular complexity index is 668. The smallest absolute Gasteiger partial charge is 0.216 e. The van der Waals surface area contributed by atoms with Crippen molar-refractivity contribution >= 4 is 33.0 Å². The highest BCUT2D eigenvalue weighted by Crippen LogP contribution is 2.17. The van der Waals surface area contributed by atoms with Crippen molar-refractivity contribution in [1.29, 1.82) is 0 Å². The molecule has 1 aromatic carbocycles. The number of nitrogens with one attached hydrogen (secondary N) is 1. The van der Waals surface area contributed by atoms with E-state index in [0.29, 0.717) is 10.6 Å². The van der Waals surface area contributed by atoms with Gasteiger partial charge in [-0.2, -0.15) is 0 Å². The lowest BCUT2D eigenvalue weighted by molar-refractivity contribution is 0.580. The van der Waals surface area contributed by atoms with Gasteiger partial charge in [-0.05, 0) is 18.6 Å². The highest BCUT2D eigenvalue weighted by molar-refractivity contribution is 7.88. The molecule has 4 nitrogen and oxygen atoms in total. The van der Waals surface area contributed by atoms with Gasteiger partial charge in [-0.1, -0.05) is 29.8 Å². The molecule has 19 heavy (non-hydrogen) atoms. The molecule has 0 aliphatic heterocycles. The number of aromatic nitrogens is 1. The van der Waals surface area contributed by atoms with Gasteiger partial charge in [0.1, 0.15) is 5.01 Å². The number of nitrogens with zero attached hydrogens (tertiary/aromatic N) is 1. The average molecular weight is 317 g/mol. The third-order valence-corrected chi connectivity index (χ3v) is 4.97. The lowest BCUT2D eigenvalue weighted by Gasteiger charge is -2.06. The van der Waals surface area contributed by atoms with Gasteiger partial charge in [0.05, 0.1) is 12.3 Å². The molecule has 7 heteroatoms. The molecule has 1 aromatic heterocycles. The van der Waals surface area contributed by atoms with Gasteiger partial charge < -0.3 is 0 Å². The minimum Gasteiger partial charge on any atom is -0.248 e. The van der Waals surface area contributed by atoms with Gasteiger partial charge in [0.15, 0.2) is 0 Å². The van der Waals surface area contributed by atoms with E-state index in [0.717, 1.165) is 9.88 Å². The second-order valence-corrected chi connectivity index (χ2v) is 7.57. The molecular formula is C12H13ClN2O2S2. The molecule has 1 N–H and O–H groups in total. The number of sulfonamides is 1. The minimum absolute atomic E-state index is 0.128. The van der Waals surface area contributed by atoms with E-state index in [9.17, 15) is 8.42 Å². The third kappa shape index (κ3) is 4.28. The van der Waals surface area contributed by atoms with Crippen LogP contribution in [0.15, 0.2) is 30.5 Å². The fourth-order valence-corrected chi connectivity index (χ4v) is 3.75. The third-order valence-electron chi connectivity index (χ3n) is 2.42. The first-order chi connectivity index (χ1) is 8.96. The molecule has 102 valence electrons. The van der Waals surface area contributed by atoms with Crippen LogP contribution >= 0.6 is 22.9 Å². The normalized spacial score (nSPS) is 11.7. The van der Waals surface area contributed by atoms with Gasteiger partial charge in [0.25, 0.3) is 0 Å². The van der Waals surface area contributed by atoms with E-state index < -0.39 is 10.0 Å². The summed E-state index contributed by atoms with van der Waals surface area (Å²) >= 11 is 7.42. The predicted octanol–water partition coefficient (Wildman–Crippen LogP) is 2.72. The highest BCUT2D eigenvalue weighted by Gasteiger charge is 2.14. The Labute approximate surface area is 121 Å². The topological polar surface area (TPSA) is 59.1 Å². The Balaban J connectivity index is 2.01. The summed E-state index contributed by atoms with van der Waals surface area (Å²) in [5.74, 6) is -0.128. The van der Waals surface area contributed by atoms with Gasteiger partial charge in [-0.3, -0.25) is 0 Å². The molecule has 1 heterocycles. The van der Waals surface area contributed by atoms with Crippen LogP contribution in [0.25, 0.3) is 0 Å². The van der Waals surface area contributed by atoms with Crippen LogP contribution in [0.2, 0.25) is 5.02 Å². The predicted molar refractivity (Wildman–Crippen MR) is 77.8 cm³/mol. The Morgan fingerprint density at radius 3 is 2.74 bits per heavy atom. The molecule has 0 fully saturated rings. The number of thiazole rings is 1. The Morgan fingerprint density at radius 1 is 1.37 bits per heavy atom. The molecule has 0 atom stereocenters. The number of hydrogen-bond donors (Lipinski definition) is 1. The fourth-order valence-electron chi connectivity index (χ4n) is 1.53. The van der Waals surface area contributed by atoms with E-state index in [4.69, 9.17) is 11.6 Å². The summed E-state index contributed by atoms with van der Waals surface area (Å²) in [6.07, 6.45) is 1.72. The lowest BCUT2D eigenvalue weighted by Crippen LogP contribution is -2.24. The number of aryl methyl sites for hydroxylation is 1. The van der Waals surface area contributed by atoms with Gasteiger partial charge >= 0.3 is 0 Å². The molecule has 0 unspecified atom stereocenters. The van der Waals surface area contributed by atoms with Gasteiger partial charge in [0.2, 0.25) is 10.0 Å². The SMILES string of the molecule is Cc1cnc(CNS(=O)(=O)Cc2ccccc2Cl)s1. The fraction of sp³-hybridized carbons (Fsp3) is 0.250. The molecule has 0 bridgehead atoms. The van der Waals surface area contributed by atoms with E-state index in [2.05, 4.69) is 9.71 Å². The van der Waals surface area contributed by atoms with Crippen LogP contribution in [0.3, 0.4) is 0 Å². The maximum atomic E-state index is 11.9. The van der Waals surface area contributed by atoms with Crippen molar-refractivity contribution in [3.05, 3.63) is 50.9 Å². The maximum absolute atomic E-state index is 11.9. The van der Waals surface area contributed by atoms with Crippen LogP contribution in [-0.2, 0) is 22.3 Å². The zero-order valence-corrected chi connectivity index (χ0v) is 12.6. The molecule has 0 radical (unpaired) electrons. The summed E-state index contributed by atoms with van der Waals surface area (Å²) < 4.78 is 26.4. The van der Waals surface area contributed by atoms with Crippen LogP contribution in [-0.4, -0.2) is 13.4 Å². The first-order valence-corrected chi connectivity index (χ1v) is 8.43. The van der Waals surface area contributed by atoms with Crippen LogP contribution in [0.4, 0.5) is 0 Å². The van der Waals surface area contributed by atoms with Crippen molar-refractivity contribution in [3.63, 3.8) is 0 Å². The molecule has 2 aromatic rings. The van der Waals surface area contributed by atoms with Crippen LogP contribution in [0, 0.1) is 6.92 Å². The maximum Gasteiger partial charge on any atom is 0.216 e. The Hall–Kier alpha value is -0.950. The molecular weight excluding hydrogens is 304 g/mol. The number of benzene rings is 1. The minimum atomic E-state index is -3.41. The quantitative estimate of drug-likeness (QED) is 0.922. The van der Waals surface area contributed by atoms with Crippen molar-refractivity contribution in [1.82, 2.24) is 9.71 Å². The van der Waals surface area contributed by atoms with E-state index >= 15 is 0 Å². The van der Waals surface area contributed by atoms with Crippen molar-refractivity contribution in [3.8, 4) is 0 Å². The second-order valence-electron chi connectivity index (χ2n) is 4.04. The summed E-state index contributed by atoms with van der Waals surface area (Å²) in [6.45, 7) is 2.14. The number of halogens is 1. The largest absolute Gasteiger partial charge is 0.248 e. The number of rotatable bonds is 5. The van der Waals surface area contributed by atoms with Crippen molar-refractivity contribution < 1.29 is 8.42 Å². The van der Waals surface area contributed by atoms with Crippen LogP contribution in [0.1, 0.15) is 15.4 Å². The Kier molecular flexibility index (Phi) is 4.57. The molecule has 0 saturated carbocycles. The van der Waals surface area contributed by atoms with Crippen molar-refractivity contribution in [2.24, 2.45) is 0 Å². The van der Waals surface area contributed by atoms with Crippen molar-refractivity contribution in [2.45, 2.75) is 19.2 Å². The molecule has 2 rings (SSSR count). The highest BCUT2D eigenvalue weighted by atomic mass is 35.5. The lowest BCUT2D eigenvalue weighted by atomic mass is 10.2. The van der Waals surface area contributed by atoms with E-state index in [1.807, 2.05) is 6.92 Å². The summed E-state index contributed by atoms with van der Waals surface area (Å²) in [5, 5.41) is 1.21. The molecule has 0 spiro atoms. The molecule has 0 saturated heterocycles. The zero-order chi connectivity index (χ0) is 13.9. The molecule has 0 amide bonds. The van der Waals surface area contributed by atoms with E-state index in [-0.39, 0.29) is 12.3 Å². The summed E-state index contributed by atoms with van der Waals surface area (Å²) in [4.78, 5) is 5.16. The van der Waals surface area contributed by atoms with Crippen LogP contribution < -0.4 is 4.72 Å². The summed E-state index contributed by atoms with van der Waals surface area (Å²) in [7, 11) is -3.41. The monoisotopic (exact) mass is 316 g/mol. The first kappa shape index (κ1) is 14.5. The first-order valence-electron chi connectivity index (χ1n) is 5.58. The summed E-state index contributed by atoms with van der Waals surface area (Å²) in [6, 6.07) is 6.91. The molecule has 0 aliphatic rings. The Morgan fingerprint density at radius 2 is 2.11 bits per heavy atom.